The van der Waals surface area contributed by atoms with Gasteiger partial charge in [0.05, 0.1) is 5.92 Å². The number of hydrogen-bond donors (Lipinski definition) is 2. The van der Waals surface area contributed by atoms with Crippen LogP contribution in [0.5, 0.6) is 0 Å². The molecule has 0 aliphatic carbocycles. The minimum absolute atomic E-state index is 0. The molecule has 0 rings (SSSR count). The van der Waals surface area contributed by atoms with Crippen molar-refractivity contribution in [3.8, 4) is 0 Å². The smallest absolute Gasteiger partial charge is 0.307 e. The summed E-state index contributed by atoms with van der Waals surface area (Å²) in [5.74, 6) is -1.01. The van der Waals surface area contributed by atoms with Gasteiger partial charge < -0.3 is 10.4 Å². The molecule has 3 nitrogen and oxygen atoms in total. The Bertz CT molecular complexity index is 97.7. The average Bonchev–Trinajstić information content (AvgIpc) is 1.82. The van der Waals surface area contributed by atoms with Gasteiger partial charge in [-0.3, -0.25) is 4.79 Å². The lowest BCUT2D eigenvalue weighted by Crippen LogP contribution is -2.25. The van der Waals surface area contributed by atoms with E-state index in [0.29, 0.717) is 6.54 Å². The summed E-state index contributed by atoms with van der Waals surface area (Å²) in [7, 11) is 0. The van der Waals surface area contributed by atoms with Gasteiger partial charge in [-0.25, -0.2) is 0 Å². The van der Waals surface area contributed by atoms with Crippen LogP contribution in [0, 0.1) is 5.92 Å². The van der Waals surface area contributed by atoms with E-state index in [0.717, 1.165) is 6.54 Å². The maximum atomic E-state index is 10.2. The van der Waals surface area contributed by atoms with Gasteiger partial charge in [0.2, 0.25) is 0 Å². The number of nitrogens with one attached hydrogen (secondary N) is 1. The van der Waals surface area contributed by atoms with E-state index in [9.17, 15) is 4.79 Å². The fourth-order valence-electron chi connectivity index (χ4n) is 0.448. The first-order chi connectivity index (χ1) is 4.18. The normalized spacial score (nSPS) is 11.8. The molecule has 0 saturated heterocycles. The van der Waals surface area contributed by atoms with Crippen LogP contribution in [-0.2, 0) is 4.79 Å². The monoisotopic (exact) mass is 167 g/mol. The molecule has 62 valence electrons. The zero-order valence-electron chi connectivity index (χ0n) is 6.26. The van der Waals surface area contributed by atoms with E-state index in [-0.39, 0.29) is 18.3 Å². The Morgan fingerprint density at radius 2 is 2.20 bits per heavy atom. The third kappa shape index (κ3) is 5.85. The minimum atomic E-state index is -0.740. The topological polar surface area (TPSA) is 49.3 Å². The minimum Gasteiger partial charge on any atom is -0.481 e. The van der Waals surface area contributed by atoms with Crippen molar-refractivity contribution >= 4 is 18.4 Å². The Hall–Kier alpha value is -0.280. The van der Waals surface area contributed by atoms with Gasteiger partial charge in [0.25, 0.3) is 0 Å². The van der Waals surface area contributed by atoms with Gasteiger partial charge in [0.15, 0.2) is 0 Å². The molecule has 0 heterocycles. The zero-order valence-corrected chi connectivity index (χ0v) is 7.07. The van der Waals surface area contributed by atoms with E-state index in [4.69, 9.17) is 5.11 Å². The van der Waals surface area contributed by atoms with Crippen LogP contribution >= 0.6 is 12.4 Å². The molecule has 0 aromatic heterocycles. The van der Waals surface area contributed by atoms with Crippen molar-refractivity contribution in [2.45, 2.75) is 13.8 Å². The van der Waals surface area contributed by atoms with Crippen LogP contribution < -0.4 is 5.32 Å². The zero-order chi connectivity index (χ0) is 7.28. The summed E-state index contributed by atoms with van der Waals surface area (Å²) in [6.07, 6.45) is 0. The van der Waals surface area contributed by atoms with Crippen molar-refractivity contribution in [2.24, 2.45) is 5.92 Å². The predicted molar refractivity (Wildman–Crippen MR) is 42.6 cm³/mol. The highest BCUT2D eigenvalue weighted by Gasteiger charge is 2.07. The second-order valence-corrected chi connectivity index (χ2v) is 2.05. The summed E-state index contributed by atoms with van der Waals surface area (Å²) in [4.78, 5) is 10.2. The molecule has 0 spiro atoms. The second-order valence-electron chi connectivity index (χ2n) is 2.05. The summed E-state index contributed by atoms with van der Waals surface area (Å²) in [5.41, 5.74) is 0. The fourth-order valence-corrected chi connectivity index (χ4v) is 0.448. The Kier molecular flexibility index (Phi) is 8.48. The number of carboxylic acid groups (broad SMARTS) is 1. The summed E-state index contributed by atoms with van der Waals surface area (Å²) in [5, 5.41) is 11.3. The standard InChI is InChI=1S/C6H13NO2.ClH/c1-3-7-4-5(2)6(8)9;/h5,7H,3-4H2,1-2H3,(H,8,9);1H. The maximum Gasteiger partial charge on any atom is 0.307 e. The van der Waals surface area contributed by atoms with Crippen LogP contribution in [0.4, 0.5) is 0 Å². The van der Waals surface area contributed by atoms with Crippen molar-refractivity contribution in [3.63, 3.8) is 0 Å². The third-order valence-corrected chi connectivity index (χ3v) is 1.12. The highest BCUT2D eigenvalue weighted by Crippen LogP contribution is 1.89. The highest BCUT2D eigenvalue weighted by molar-refractivity contribution is 5.85. The van der Waals surface area contributed by atoms with Crippen molar-refractivity contribution < 1.29 is 9.90 Å². The molecule has 0 fully saturated rings. The first kappa shape index (κ1) is 12.4. The quantitative estimate of drug-likeness (QED) is 0.650. The maximum absolute atomic E-state index is 10.2. The molecule has 0 radical (unpaired) electrons. The SMILES string of the molecule is CCNCC(C)C(=O)O.Cl. The van der Waals surface area contributed by atoms with Gasteiger partial charge in [-0.15, -0.1) is 12.4 Å². The number of aliphatic carboxylic acids is 1. The van der Waals surface area contributed by atoms with Crippen LogP contribution in [0.2, 0.25) is 0 Å². The van der Waals surface area contributed by atoms with Crippen LogP contribution in [-0.4, -0.2) is 24.2 Å². The average molecular weight is 168 g/mol. The van der Waals surface area contributed by atoms with Crippen molar-refractivity contribution in [2.75, 3.05) is 13.1 Å². The molecule has 0 aliphatic rings. The van der Waals surface area contributed by atoms with Gasteiger partial charge >= 0.3 is 5.97 Å². The van der Waals surface area contributed by atoms with Crippen LogP contribution in [0.15, 0.2) is 0 Å². The van der Waals surface area contributed by atoms with Gasteiger partial charge in [-0.05, 0) is 6.54 Å². The van der Waals surface area contributed by atoms with Gasteiger partial charge in [-0.2, -0.15) is 0 Å². The third-order valence-electron chi connectivity index (χ3n) is 1.12. The molecule has 10 heavy (non-hydrogen) atoms. The molecule has 0 aliphatic heterocycles. The molecular weight excluding hydrogens is 154 g/mol. The number of hydrogen-bond acceptors (Lipinski definition) is 2. The Morgan fingerprint density at radius 3 is 2.50 bits per heavy atom. The lowest BCUT2D eigenvalue weighted by Gasteiger charge is -2.04. The largest absolute Gasteiger partial charge is 0.481 e. The molecule has 1 unspecified atom stereocenters. The van der Waals surface area contributed by atoms with Crippen LogP contribution in [0.3, 0.4) is 0 Å². The van der Waals surface area contributed by atoms with E-state index in [1.54, 1.807) is 6.92 Å². The second kappa shape index (κ2) is 6.83. The van der Waals surface area contributed by atoms with E-state index >= 15 is 0 Å². The molecule has 1 atom stereocenters. The Morgan fingerprint density at radius 1 is 1.70 bits per heavy atom. The molecule has 4 heteroatoms. The van der Waals surface area contributed by atoms with E-state index < -0.39 is 5.97 Å². The lowest BCUT2D eigenvalue weighted by molar-refractivity contribution is -0.140. The Labute approximate surface area is 67.2 Å². The van der Waals surface area contributed by atoms with Crippen LogP contribution in [0.1, 0.15) is 13.8 Å². The summed E-state index contributed by atoms with van der Waals surface area (Å²) >= 11 is 0. The highest BCUT2D eigenvalue weighted by atomic mass is 35.5. The fraction of sp³-hybridized carbons (Fsp3) is 0.833. The van der Waals surface area contributed by atoms with E-state index in [1.807, 2.05) is 6.92 Å². The number of halogens is 1. The number of carbonyl (C=O) groups is 1. The molecule has 0 bridgehead atoms. The molecule has 0 amide bonds. The van der Waals surface area contributed by atoms with E-state index in [1.165, 1.54) is 0 Å². The van der Waals surface area contributed by atoms with Gasteiger partial charge in [0, 0.05) is 6.54 Å². The van der Waals surface area contributed by atoms with Gasteiger partial charge in [0.1, 0.15) is 0 Å². The van der Waals surface area contributed by atoms with Crippen LogP contribution in [0.25, 0.3) is 0 Å². The molecule has 0 saturated carbocycles. The first-order valence-electron chi connectivity index (χ1n) is 3.12. The predicted octanol–water partition coefficient (Wildman–Crippen LogP) is 0.738. The van der Waals surface area contributed by atoms with Crippen molar-refractivity contribution in [1.29, 1.82) is 0 Å². The molecular formula is C6H14ClNO2. The summed E-state index contributed by atoms with van der Waals surface area (Å²) < 4.78 is 0. The van der Waals surface area contributed by atoms with Crippen molar-refractivity contribution in [3.05, 3.63) is 0 Å². The molecule has 0 aromatic rings. The van der Waals surface area contributed by atoms with E-state index in [2.05, 4.69) is 5.32 Å². The first-order valence-corrected chi connectivity index (χ1v) is 3.12. The summed E-state index contributed by atoms with van der Waals surface area (Å²) in [6.45, 7) is 5.03. The molecule has 2 N–H and O–H groups in total. The number of rotatable bonds is 4. The lowest BCUT2D eigenvalue weighted by atomic mass is 10.2. The Balaban J connectivity index is 0. The number of carboxylic acids is 1. The molecule has 0 aromatic carbocycles. The van der Waals surface area contributed by atoms with Crippen molar-refractivity contribution in [1.82, 2.24) is 5.32 Å². The summed E-state index contributed by atoms with van der Waals surface area (Å²) in [6, 6.07) is 0. The van der Waals surface area contributed by atoms with Gasteiger partial charge in [-0.1, -0.05) is 13.8 Å².